The second-order valence-corrected chi connectivity index (χ2v) is 5.89. The molecule has 0 aliphatic rings. The fraction of sp³-hybridized carbons (Fsp3) is 0.400. The van der Waals surface area contributed by atoms with Crippen LogP contribution in [0.1, 0.15) is 35.4 Å². The van der Waals surface area contributed by atoms with Gasteiger partial charge in [0, 0.05) is 11.4 Å². The van der Waals surface area contributed by atoms with Gasteiger partial charge < -0.3 is 5.32 Å². The second kappa shape index (κ2) is 6.01. The molecule has 0 aliphatic carbocycles. The topological polar surface area (TPSA) is 24.9 Å². The number of anilines is 1. The summed E-state index contributed by atoms with van der Waals surface area (Å²) in [4.78, 5) is 5.79. The number of hydrogen-bond acceptors (Lipinski definition) is 3. The quantitative estimate of drug-likeness (QED) is 0.863. The van der Waals surface area contributed by atoms with Gasteiger partial charge in [-0.25, -0.2) is 4.98 Å². The summed E-state index contributed by atoms with van der Waals surface area (Å²) in [6, 6.07) is 10.7. The lowest BCUT2D eigenvalue weighted by Crippen LogP contribution is -2.05. The molecule has 0 bridgehead atoms. The molecule has 1 atom stereocenters. The SMILES string of the molecule is Cc1nc(NCCC(C)c2ccccc2)sc1C. The van der Waals surface area contributed by atoms with Crippen molar-refractivity contribution in [2.75, 3.05) is 11.9 Å². The van der Waals surface area contributed by atoms with Gasteiger partial charge in [-0.05, 0) is 31.7 Å². The molecule has 0 aliphatic heterocycles. The number of aryl methyl sites for hydroxylation is 2. The van der Waals surface area contributed by atoms with E-state index in [1.54, 1.807) is 11.3 Å². The van der Waals surface area contributed by atoms with Crippen LogP contribution in [0, 0.1) is 13.8 Å². The van der Waals surface area contributed by atoms with Crippen LogP contribution in [0.2, 0.25) is 0 Å². The van der Waals surface area contributed by atoms with E-state index >= 15 is 0 Å². The summed E-state index contributed by atoms with van der Waals surface area (Å²) >= 11 is 1.74. The molecule has 0 saturated heterocycles. The summed E-state index contributed by atoms with van der Waals surface area (Å²) < 4.78 is 0. The minimum Gasteiger partial charge on any atom is -0.361 e. The molecule has 1 aromatic heterocycles. The largest absolute Gasteiger partial charge is 0.361 e. The Bertz CT molecular complexity index is 471. The summed E-state index contributed by atoms with van der Waals surface area (Å²) in [5, 5.41) is 4.46. The monoisotopic (exact) mass is 260 g/mol. The number of nitrogens with one attached hydrogen (secondary N) is 1. The van der Waals surface area contributed by atoms with E-state index in [9.17, 15) is 0 Å². The van der Waals surface area contributed by atoms with Crippen LogP contribution in [0.4, 0.5) is 5.13 Å². The van der Waals surface area contributed by atoms with Gasteiger partial charge in [0.1, 0.15) is 0 Å². The van der Waals surface area contributed by atoms with Crippen molar-refractivity contribution in [1.82, 2.24) is 4.98 Å². The van der Waals surface area contributed by atoms with Gasteiger partial charge in [-0.3, -0.25) is 0 Å². The zero-order chi connectivity index (χ0) is 13.0. The van der Waals surface area contributed by atoms with Crippen LogP contribution in [0.3, 0.4) is 0 Å². The number of nitrogens with zero attached hydrogens (tertiary/aromatic N) is 1. The number of benzene rings is 1. The van der Waals surface area contributed by atoms with E-state index in [-0.39, 0.29) is 0 Å². The number of aromatic nitrogens is 1. The normalized spacial score (nSPS) is 12.4. The zero-order valence-electron chi connectivity index (χ0n) is 11.2. The van der Waals surface area contributed by atoms with Crippen molar-refractivity contribution < 1.29 is 0 Å². The third-order valence-corrected chi connectivity index (χ3v) is 4.28. The maximum atomic E-state index is 4.49. The van der Waals surface area contributed by atoms with Gasteiger partial charge in [0.25, 0.3) is 0 Å². The summed E-state index contributed by atoms with van der Waals surface area (Å²) in [5.74, 6) is 0.584. The molecule has 0 spiro atoms. The molecular formula is C15H20N2S. The van der Waals surface area contributed by atoms with E-state index in [1.807, 2.05) is 0 Å². The average molecular weight is 260 g/mol. The minimum atomic E-state index is 0.584. The first-order valence-corrected chi connectivity index (χ1v) is 7.21. The van der Waals surface area contributed by atoms with Crippen molar-refractivity contribution in [1.29, 1.82) is 0 Å². The summed E-state index contributed by atoms with van der Waals surface area (Å²) in [5.41, 5.74) is 2.55. The third-order valence-electron chi connectivity index (χ3n) is 3.25. The highest BCUT2D eigenvalue weighted by molar-refractivity contribution is 7.15. The summed E-state index contributed by atoms with van der Waals surface area (Å²) in [6.07, 6.45) is 1.13. The fourth-order valence-corrected chi connectivity index (χ4v) is 2.73. The minimum absolute atomic E-state index is 0.584. The molecule has 2 aromatic rings. The van der Waals surface area contributed by atoms with Crippen molar-refractivity contribution in [2.45, 2.75) is 33.1 Å². The highest BCUT2D eigenvalue weighted by Gasteiger charge is 2.06. The van der Waals surface area contributed by atoms with E-state index in [0.29, 0.717) is 5.92 Å². The predicted molar refractivity (Wildman–Crippen MR) is 79.6 cm³/mol. The molecule has 1 unspecified atom stereocenters. The molecule has 0 radical (unpaired) electrons. The molecule has 1 heterocycles. The molecular weight excluding hydrogens is 240 g/mol. The van der Waals surface area contributed by atoms with Crippen LogP contribution < -0.4 is 5.32 Å². The lowest BCUT2D eigenvalue weighted by molar-refractivity contribution is 0.705. The fourth-order valence-electron chi connectivity index (χ4n) is 1.89. The smallest absolute Gasteiger partial charge is 0.183 e. The van der Waals surface area contributed by atoms with E-state index in [4.69, 9.17) is 0 Å². The maximum Gasteiger partial charge on any atom is 0.183 e. The Hall–Kier alpha value is -1.35. The van der Waals surface area contributed by atoms with Crippen LogP contribution in [0.5, 0.6) is 0 Å². The van der Waals surface area contributed by atoms with Crippen molar-refractivity contribution in [3.05, 3.63) is 46.5 Å². The molecule has 3 heteroatoms. The molecule has 96 valence electrons. The molecule has 1 aromatic carbocycles. The zero-order valence-corrected chi connectivity index (χ0v) is 12.1. The molecule has 2 nitrogen and oxygen atoms in total. The second-order valence-electron chi connectivity index (χ2n) is 4.69. The van der Waals surface area contributed by atoms with E-state index in [2.05, 4.69) is 61.4 Å². The van der Waals surface area contributed by atoms with Gasteiger partial charge in [0.05, 0.1) is 5.69 Å². The highest BCUT2D eigenvalue weighted by Crippen LogP contribution is 2.22. The first kappa shape index (κ1) is 13.1. The Kier molecular flexibility index (Phi) is 4.37. The number of thiazole rings is 1. The Morgan fingerprint density at radius 1 is 1.22 bits per heavy atom. The van der Waals surface area contributed by atoms with Crippen molar-refractivity contribution >= 4 is 16.5 Å². The number of hydrogen-bond donors (Lipinski definition) is 1. The number of rotatable bonds is 5. The van der Waals surface area contributed by atoms with Crippen LogP contribution in [-0.4, -0.2) is 11.5 Å². The van der Waals surface area contributed by atoms with Gasteiger partial charge in [-0.1, -0.05) is 37.3 Å². The molecule has 0 saturated carbocycles. The van der Waals surface area contributed by atoms with E-state index in [0.717, 1.165) is 23.8 Å². The first-order chi connectivity index (χ1) is 8.66. The van der Waals surface area contributed by atoms with Gasteiger partial charge >= 0.3 is 0 Å². The van der Waals surface area contributed by atoms with Gasteiger partial charge in [0.15, 0.2) is 5.13 Å². The van der Waals surface area contributed by atoms with Crippen LogP contribution in [-0.2, 0) is 0 Å². The van der Waals surface area contributed by atoms with Crippen LogP contribution in [0.15, 0.2) is 30.3 Å². The standard InChI is InChI=1S/C15H20N2S/c1-11(14-7-5-4-6-8-14)9-10-16-15-17-12(2)13(3)18-15/h4-8,11H,9-10H2,1-3H3,(H,16,17). The van der Waals surface area contributed by atoms with Crippen molar-refractivity contribution in [3.8, 4) is 0 Å². The maximum absolute atomic E-state index is 4.49. The van der Waals surface area contributed by atoms with Crippen LogP contribution >= 0.6 is 11.3 Å². The highest BCUT2D eigenvalue weighted by atomic mass is 32.1. The van der Waals surface area contributed by atoms with Gasteiger partial charge in [-0.15, -0.1) is 11.3 Å². The van der Waals surface area contributed by atoms with Gasteiger partial charge in [0.2, 0.25) is 0 Å². The molecule has 2 rings (SSSR count). The lowest BCUT2D eigenvalue weighted by atomic mass is 9.98. The lowest BCUT2D eigenvalue weighted by Gasteiger charge is -2.11. The molecule has 0 amide bonds. The van der Waals surface area contributed by atoms with Gasteiger partial charge in [-0.2, -0.15) is 0 Å². The Morgan fingerprint density at radius 2 is 1.94 bits per heavy atom. The van der Waals surface area contributed by atoms with Crippen molar-refractivity contribution in [2.24, 2.45) is 0 Å². The Balaban J connectivity index is 1.82. The van der Waals surface area contributed by atoms with E-state index in [1.165, 1.54) is 10.4 Å². The molecule has 1 N–H and O–H groups in total. The first-order valence-electron chi connectivity index (χ1n) is 6.39. The average Bonchev–Trinajstić information content (AvgIpc) is 2.69. The summed E-state index contributed by atoms with van der Waals surface area (Å²) in [6.45, 7) is 7.42. The van der Waals surface area contributed by atoms with Crippen LogP contribution in [0.25, 0.3) is 0 Å². The molecule has 18 heavy (non-hydrogen) atoms. The summed E-state index contributed by atoms with van der Waals surface area (Å²) in [7, 11) is 0. The van der Waals surface area contributed by atoms with Crippen molar-refractivity contribution in [3.63, 3.8) is 0 Å². The van der Waals surface area contributed by atoms with E-state index < -0.39 is 0 Å². The molecule has 0 fully saturated rings. The Labute approximate surface area is 113 Å². The third kappa shape index (κ3) is 3.33. The Morgan fingerprint density at radius 3 is 2.56 bits per heavy atom. The predicted octanol–water partition coefficient (Wildman–Crippen LogP) is 4.37.